The van der Waals surface area contributed by atoms with Crippen molar-refractivity contribution in [3.63, 3.8) is 0 Å². The summed E-state index contributed by atoms with van der Waals surface area (Å²) >= 11 is 0. The first kappa shape index (κ1) is 20.0. The number of nitrogens with one attached hydrogen (secondary N) is 1. The van der Waals surface area contributed by atoms with E-state index >= 15 is 0 Å². The predicted molar refractivity (Wildman–Crippen MR) is 111 cm³/mol. The highest BCUT2D eigenvalue weighted by atomic mass is 32.2. The van der Waals surface area contributed by atoms with Gasteiger partial charge in [0, 0.05) is 19.0 Å². The van der Waals surface area contributed by atoms with Crippen LogP contribution in [-0.4, -0.2) is 46.4 Å². The second-order valence-electron chi connectivity index (χ2n) is 7.02. The van der Waals surface area contributed by atoms with E-state index in [0.717, 1.165) is 6.26 Å². The quantitative estimate of drug-likeness (QED) is 0.750. The molecular weight excluding hydrogens is 410 g/mol. The minimum absolute atomic E-state index is 0.0617. The van der Waals surface area contributed by atoms with Crippen molar-refractivity contribution in [1.29, 1.82) is 0 Å². The van der Waals surface area contributed by atoms with Gasteiger partial charge in [-0.2, -0.15) is 0 Å². The maximum Gasteiger partial charge on any atom is 0.244 e. The summed E-state index contributed by atoms with van der Waals surface area (Å²) in [4.78, 5) is 26.1. The number of carbonyl (C=O) groups is 2. The summed E-state index contributed by atoms with van der Waals surface area (Å²) in [6, 6.07) is 12.0. The molecule has 0 aromatic heterocycles. The molecule has 0 atom stereocenters. The van der Waals surface area contributed by atoms with Gasteiger partial charge in [-0.1, -0.05) is 12.1 Å². The Morgan fingerprint density at radius 1 is 1.17 bits per heavy atom. The van der Waals surface area contributed by atoms with E-state index in [1.807, 2.05) is 0 Å². The smallest absolute Gasteiger partial charge is 0.244 e. The average Bonchev–Trinajstić information content (AvgIpc) is 3.17. The molecule has 30 heavy (non-hydrogen) atoms. The summed E-state index contributed by atoms with van der Waals surface area (Å²) in [6.07, 6.45) is 1.50. The molecule has 2 amide bonds. The largest absolute Gasteiger partial charge is 0.454 e. The first-order valence-corrected chi connectivity index (χ1v) is 11.2. The van der Waals surface area contributed by atoms with E-state index in [4.69, 9.17) is 9.47 Å². The molecule has 0 radical (unpaired) electrons. The lowest BCUT2D eigenvalue weighted by atomic mass is 10.1. The molecule has 2 aliphatic rings. The van der Waals surface area contributed by atoms with Crippen molar-refractivity contribution in [2.24, 2.45) is 0 Å². The summed E-state index contributed by atoms with van der Waals surface area (Å²) in [6.45, 7) is 0.150. The van der Waals surface area contributed by atoms with Crippen LogP contribution < -0.4 is 24.0 Å². The van der Waals surface area contributed by atoms with Gasteiger partial charge in [-0.15, -0.1) is 0 Å². The number of para-hydroxylation sites is 2. The third kappa shape index (κ3) is 4.04. The maximum absolute atomic E-state index is 12.8. The highest BCUT2D eigenvalue weighted by molar-refractivity contribution is 7.92. The number of nitrogens with zero attached hydrogens (tertiary/aromatic N) is 2. The average molecular weight is 431 g/mol. The Labute approximate surface area is 174 Å². The van der Waals surface area contributed by atoms with Crippen molar-refractivity contribution >= 4 is 38.9 Å². The number of carbonyl (C=O) groups excluding carboxylic acids is 2. The van der Waals surface area contributed by atoms with E-state index in [1.165, 1.54) is 9.21 Å². The summed E-state index contributed by atoms with van der Waals surface area (Å²) < 4.78 is 36.5. The van der Waals surface area contributed by atoms with Gasteiger partial charge in [-0.25, -0.2) is 8.42 Å². The Hall–Kier alpha value is -3.27. The van der Waals surface area contributed by atoms with Crippen molar-refractivity contribution < 1.29 is 27.5 Å². The molecule has 0 fully saturated rings. The molecule has 0 saturated heterocycles. The van der Waals surface area contributed by atoms with Gasteiger partial charge in [0.25, 0.3) is 0 Å². The number of rotatable bonds is 6. The van der Waals surface area contributed by atoms with Crippen molar-refractivity contribution in [2.75, 3.05) is 40.7 Å². The van der Waals surface area contributed by atoms with Gasteiger partial charge in [0.2, 0.25) is 28.6 Å². The van der Waals surface area contributed by atoms with Gasteiger partial charge < -0.3 is 19.7 Å². The molecule has 158 valence electrons. The van der Waals surface area contributed by atoms with Crippen LogP contribution in [0.3, 0.4) is 0 Å². The fourth-order valence-corrected chi connectivity index (χ4v) is 4.45. The molecule has 0 bridgehead atoms. The molecule has 2 heterocycles. The molecule has 2 aromatic rings. The van der Waals surface area contributed by atoms with E-state index in [9.17, 15) is 18.0 Å². The molecule has 1 N–H and O–H groups in total. The van der Waals surface area contributed by atoms with Gasteiger partial charge in [0.15, 0.2) is 11.5 Å². The zero-order chi connectivity index (χ0) is 21.3. The van der Waals surface area contributed by atoms with Gasteiger partial charge in [-0.05, 0) is 30.7 Å². The number of sulfonamides is 1. The highest BCUT2D eigenvalue weighted by Gasteiger charge is 2.27. The van der Waals surface area contributed by atoms with E-state index in [1.54, 1.807) is 42.5 Å². The van der Waals surface area contributed by atoms with Gasteiger partial charge in [0.05, 0.1) is 23.3 Å². The van der Waals surface area contributed by atoms with Gasteiger partial charge in [0.1, 0.15) is 6.54 Å². The number of benzene rings is 2. The molecule has 0 spiro atoms. The van der Waals surface area contributed by atoms with Crippen molar-refractivity contribution in [2.45, 2.75) is 12.8 Å². The summed E-state index contributed by atoms with van der Waals surface area (Å²) in [5.74, 6) is 0.536. The van der Waals surface area contributed by atoms with Crippen LogP contribution in [-0.2, 0) is 19.6 Å². The molecule has 9 nitrogen and oxygen atoms in total. The first-order chi connectivity index (χ1) is 14.3. The van der Waals surface area contributed by atoms with Crippen molar-refractivity contribution in [1.82, 2.24) is 0 Å². The van der Waals surface area contributed by atoms with Gasteiger partial charge >= 0.3 is 0 Å². The fourth-order valence-electron chi connectivity index (χ4n) is 3.49. The third-order valence-electron chi connectivity index (χ3n) is 4.87. The number of amides is 2. The standard InChI is InChI=1S/C20H21N3O6S/c1-30(26,27)23(14-8-9-17-18(11-14)29-13-28-17)10-4-7-20(25)22-12-19(24)21-15-5-2-3-6-16(15)22/h2-3,5-6,8-9,11H,4,7,10,12-13H2,1H3,(H,21,24). The summed E-state index contributed by atoms with van der Waals surface area (Å²) in [7, 11) is -3.57. The topological polar surface area (TPSA) is 105 Å². The molecule has 2 aromatic carbocycles. The lowest BCUT2D eigenvalue weighted by molar-refractivity contribution is -0.121. The molecular formula is C20H21N3O6S. The maximum atomic E-state index is 12.8. The number of hydrogen-bond donors (Lipinski definition) is 1. The molecule has 10 heteroatoms. The van der Waals surface area contributed by atoms with E-state index in [0.29, 0.717) is 35.0 Å². The minimum Gasteiger partial charge on any atom is -0.454 e. The van der Waals surface area contributed by atoms with E-state index < -0.39 is 10.0 Å². The molecule has 0 aliphatic carbocycles. The Morgan fingerprint density at radius 2 is 1.93 bits per heavy atom. The number of anilines is 3. The summed E-state index contributed by atoms with van der Waals surface area (Å²) in [5.41, 5.74) is 1.66. The molecule has 0 saturated carbocycles. The zero-order valence-corrected chi connectivity index (χ0v) is 17.1. The minimum atomic E-state index is -3.57. The van der Waals surface area contributed by atoms with Crippen molar-refractivity contribution in [3.8, 4) is 11.5 Å². The first-order valence-electron chi connectivity index (χ1n) is 9.39. The second kappa shape index (κ2) is 7.86. The molecule has 2 aliphatic heterocycles. The van der Waals surface area contributed by atoms with Crippen LogP contribution in [0.5, 0.6) is 11.5 Å². The Morgan fingerprint density at radius 3 is 2.73 bits per heavy atom. The Kier molecular flexibility index (Phi) is 5.25. The predicted octanol–water partition coefficient (Wildman–Crippen LogP) is 1.95. The van der Waals surface area contributed by atoms with Crippen LogP contribution in [0.2, 0.25) is 0 Å². The SMILES string of the molecule is CS(=O)(=O)N(CCCC(=O)N1CC(=O)Nc2ccccc21)c1ccc2c(c1)OCO2. The number of ether oxygens (including phenoxy) is 2. The number of fused-ring (bicyclic) bond motifs is 2. The number of hydrogen-bond acceptors (Lipinski definition) is 6. The Bertz CT molecular complexity index is 1100. The lowest BCUT2D eigenvalue weighted by Crippen LogP contribution is -2.42. The lowest BCUT2D eigenvalue weighted by Gasteiger charge is -2.29. The zero-order valence-electron chi connectivity index (χ0n) is 16.3. The van der Waals surface area contributed by atoms with Crippen LogP contribution in [0.1, 0.15) is 12.8 Å². The van der Waals surface area contributed by atoms with E-state index in [2.05, 4.69) is 5.32 Å². The van der Waals surface area contributed by atoms with Crippen LogP contribution in [0, 0.1) is 0 Å². The van der Waals surface area contributed by atoms with E-state index in [-0.39, 0.29) is 38.1 Å². The molecule has 0 unspecified atom stereocenters. The molecule has 4 rings (SSSR count). The second-order valence-corrected chi connectivity index (χ2v) is 8.93. The normalized spacial score (nSPS) is 14.8. The van der Waals surface area contributed by atoms with Gasteiger partial charge in [-0.3, -0.25) is 13.9 Å². The highest BCUT2D eigenvalue weighted by Crippen LogP contribution is 2.36. The van der Waals surface area contributed by atoms with Crippen molar-refractivity contribution in [3.05, 3.63) is 42.5 Å². The van der Waals surface area contributed by atoms with Crippen LogP contribution >= 0.6 is 0 Å². The fraction of sp³-hybridized carbons (Fsp3) is 0.300. The van der Waals surface area contributed by atoms with Crippen LogP contribution in [0.4, 0.5) is 17.1 Å². The van der Waals surface area contributed by atoms with Crippen LogP contribution in [0.15, 0.2) is 42.5 Å². The third-order valence-corrected chi connectivity index (χ3v) is 6.06. The van der Waals surface area contributed by atoms with Crippen LogP contribution in [0.25, 0.3) is 0 Å². The summed E-state index contributed by atoms with van der Waals surface area (Å²) in [5, 5.41) is 2.74. The monoisotopic (exact) mass is 431 g/mol. The Balaban J connectivity index is 1.45.